The first-order valence-corrected chi connectivity index (χ1v) is 6.86. The summed E-state index contributed by atoms with van der Waals surface area (Å²) >= 11 is 0. The van der Waals surface area contributed by atoms with Gasteiger partial charge in [0.05, 0.1) is 12.6 Å². The molecule has 1 aliphatic heterocycles. The van der Waals surface area contributed by atoms with Gasteiger partial charge in [-0.15, -0.1) is 0 Å². The molecule has 0 aliphatic carbocycles. The van der Waals surface area contributed by atoms with Crippen LogP contribution in [0.1, 0.15) is 24.0 Å². The number of likely N-dealkylation sites (N-methyl/N-ethyl adjacent to an activating group) is 1. The van der Waals surface area contributed by atoms with E-state index in [0.29, 0.717) is 12.6 Å². The van der Waals surface area contributed by atoms with Crippen molar-refractivity contribution in [2.75, 3.05) is 26.7 Å². The van der Waals surface area contributed by atoms with Gasteiger partial charge in [0.25, 0.3) is 0 Å². The van der Waals surface area contributed by atoms with E-state index < -0.39 is 0 Å². The molecule has 0 bridgehead atoms. The van der Waals surface area contributed by atoms with Crippen LogP contribution in [0, 0.1) is 11.8 Å². The number of hydrogen-bond donors (Lipinski definition) is 1. The minimum atomic E-state index is 0.396. The molecular formula is C16H22N2O. The lowest BCUT2D eigenvalue weighted by Gasteiger charge is -2.21. The molecule has 1 saturated heterocycles. The van der Waals surface area contributed by atoms with E-state index in [1.165, 1.54) is 18.4 Å². The summed E-state index contributed by atoms with van der Waals surface area (Å²) in [6.45, 7) is 3.20. The maximum absolute atomic E-state index is 5.67. The van der Waals surface area contributed by atoms with Crippen LogP contribution in [0.5, 0.6) is 0 Å². The Labute approximate surface area is 115 Å². The lowest BCUT2D eigenvalue weighted by molar-refractivity contribution is 0.0793. The van der Waals surface area contributed by atoms with Gasteiger partial charge < -0.3 is 10.5 Å². The molecule has 1 unspecified atom stereocenters. The van der Waals surface area contributed by atoms with Gasteiger partial charge in [-0.3, -0.25) is 4.90 Å². The van der Waals surface area contributed by atoms with Gasteiger partial charge in [0.15, 0.2) is 0 Å². The molecule has 1 aromatic carbocycles. The van der Waals surface area contributed by atoms with Gasteiger partial charge >= 0.3 is 0 Å². The van der Waals surface area contributed by atoms with Crippen molar-refractivity contribution >= 4 is 0 Å². The van der Waals surface area contributed by atoms with Crippen molar-refractivity contribution in [1.82, 2.24) is 4.90 Å². The lowest BCUT2D eigenvalue weighted by atomic mass is 10.1. The van der Waals surface area contributed by atoms with Gasteiger partial charge in [-0.1, -0.05) is 30.0 Å². The average Bonchev–Trinajstić information content (AvgIpc) is 2.90. The van der Waals surface area contributed by atoms with Crippen LogP contribution >= 0.6 is 0 Å². The van der Waals surface area contributed by atoms with Gasteiger partial charge in [0.2, 0.25) is 0 Å². The molecule has 2 N–H and O–H groups in total. The molecule has 1 aliphatic rings. The van der Waals surface area contributed by atoms with Crippen molar-refractivity contribution < 1.29 is 4.74 Å². The Bertz CT molecular complexity index is 455. The Morgan fingerprint density at radius 2 is 2.26 bits per heavy atom. The first-order valence-electron chi connectivity index (χ1n) is 6.86. The maximum atomic E-state index is 5.67. The predicted octanol–water partition coefficient (Wildman–Crippen LogP) is 1.61. The lowest BCUT2D eigenvalue weighted by Crippen LogP contribution is -2.28. The maximum Gasteiger partial charge on any atom is 0.0702 e. The molecule has 1 aromatic rings. The summed E-state index contributed by atoms with van der Waals surface area (Å²) < 4.78 is 5.67. The minimum absolute atomic E-state index is 0.396. The molecule has 1 atom stereocenters. The second-order valence-corrected chi connectivity index (χ2v) is 4.99. The largest absolute Gasteiger partial charge is 0.377 e. The fraction of sp³-hybridized carbons (Fsp3) is 0.500. The van der Waals surface area contributed by atoms with Crippen LogP contribution in [0.4, 0.5) is 0 Å². The summed E-state index contributed by atoms with van der Waals surface area (Å²) in [5.41, 5.74) is 7.77. The van der Waals surface area contributed by atoms with Gasteiger partial charge in [-0.25, -0.2) is 0 Å². The molecule has 2 rings (SSSR count). The van der Waals surface area contributed by atoms with Crippen molar-refractivity contribution in [2.45, 2.75) is 25.5 Å². The zero-order valence-electron chi connectivity index (χ0n) is 11.6. The molecule has 3 nitrogen and oxygen atoms in total. The minimum Gasteiger partial charge on any atom is -0.377 e. The number of hydrogen-bond acceptors (Lipinski definition) is 3. The molecule has 0 radical (unpaired) electrons. The first kappa shape index (κ1) is 14.1. The molecular weight excluding hydrogens is 236 g/mol. The van der Waals surface area contributed by atoms with Crippen LogP contribution < -0.4 is 5.73 Å². The van der Waals surface area contributed by atoms with Crippen molar-refractivity contribution in [3.05, 3.63) is 35.4 Å². The van der Waals surface area contributed by atoms with E-state index in [1.54, 1.807) is 0 Å². The Morgan fingerprint density at radius 1 is 1.42 bits per heavy atom. The first-order chi connectivity index (χ1) is 9.29. The molecule has 1 fully saturated rings. The van der Waals surface area contributed by atoms with E-state index in [0.717, 1.165) is 25.3 Å². The third-order valence-corrected chi connectivity index (χ3v) is 3.32. The van der Waals surface area contributed by atoms with Crippen molar-refractivity contribution in [1.29, 1.82) is 0 Å². The second kappa shape index (κ2) is 7.30. The summed E-state index contributed by atoms with van der Waals surface area (Å²) in [6.07, 6.45) is 2.77. The molecule has 0 aromatic heterocycles. The normalized spacial score (nSPS) is 18.4. The van der Waals surface area contributed by atoms with Crippen LogP contribution in [0.25, 0.3) is 0 Å². The number of nitrogens with zero attached hydrogens (tertiary/aromatic N) is 1. The third-order valence-electron chi connectivity index (χ3n) is 3.32. The number of rotatable bonds is 4. The van der Waals surface area contributed by atoms with Crippen LogP contribution in [0.2, 0.25) is 0 Å². The van der Waals surface area contributed by atoms with E-state index in [-0.39, 0.29) is 0 Å². The van der Waals surface area contributed by atoms with Crippen LogP contribution in [0.15, 0.2) is 24.3 Å². The van der Waals surface area contributed by atoms with Crippen molar-refractivity contribution in [3.8, 4) is 11.8 Å². The summed E-state index contributed by atoms with van der Waals surface area (Å²) in [6, 6.07) is 8.26. The van der Waals surface area contributed by atoms with Gasteiger partial charge in [-0.2, -0.15) is 0 Å². The highest BCUT2D eigenvalue weighted by Gasteiger charge is 2.17. The Balaban J connectivity index is 1.97. The van der Waals surface area contributed by atoms with E-state index >= 15 is 0 Å². The highest BCUT2D eigenvalue weighted by Crippen LogP contribution is 2.15. The molecule has 0 spiro atoms. The molecule has 3 heteroatoms. The number of nitrogens with two attached hydrogens (primary N) is 1. The second-order valence-electron chi connectivity index (χ2n) is 4.99. The van der Waals surface area contributed by atoms with E-state index in [9.17, 15) is 0 Å². The fourth-order valence-corrected chi connectivity index (χ4v) is 2.42. The van der Waals surface area contributed by atoms with Crippen LogP contribution in [-0.2, 0) is 11.3 Å². The van der Waals surface area contributed by atoms with Gasteiger partial charge in [0, 0.05) is 25.3 Å². The van der Waals surface area contributed by atoms with Gasteiger partial charge in [-0.05, 0) is 31.5 Å². The third kappa shape index (κ3) is 4.36. The Kier molecular flexibility index (Phi) is 5.41. The SMILES string of the molecule is CN(Cc1ccccc1C#CCN)CC1CCCO1. The molecule has 19 heavy (non-hydrogen) atoms. The number of benzene rings is 1. The fourth-order valence-electron chi connectivity index (χ4n) is 2.42. The van der Waals surface area contributed by atoms with E-state index in [4.69, 9.17) is 10.5 Å². The van der Waals surface area contributed by atoms with E-state index in [2.05, 4.69) is 42.0 Å². The van der Waals surface area contributed by atoms with Crippen molar-refractivity contribution in [3.63, 3.8) is 0 Å². The summed E-state index contributed by atoms with van der Waals surface area (Å²) in [5.74, 6) is 6.06. The smallest absolute Gasteiger partial charge is 0.0702 e. The molecule has 0 amide bonds. The monoisotopic (exact) mass is 258 g/mol. The highest BCUT2D eigenvalue weighted by molar-refractivity contribution is 5.41. The standard InChI is InChI=1S/C16H22N2O/c1-18(13-16-9-5-11-19-16)12-15-7-3-2-6-14(15)8-4-10-17/h2-3,6-7,16H,5,9-13,17H2,1H3. The Hall–Kier alpha value is -1.34. The summed E-state index contributed by atoms with van der Waals surface area (Å²) in [4.78, 5) is 2.30. The summed E-state index contributed by atoms with van der Waals surface area (Å²) in [7, 11) is 2.13. The van der Waals surface area contributed by atoms with Crippen molar-refractivity contribution in [2.24, 2.45) is 5.73 Å². The van der Waals surface area contributed by atoms with E-state index in [1.807, 2.05) is 6.07 Å². The summed E-state index contributed by atoms with van der Waals surface area (Å²) in [5, 5.41) is 0. The molecule has 0 saturated carbocycles. The quantitative estimate of drug-likeness (QED) is 0.834. The van der Waals surface area contributed by atoms with Crippen LogP contribution in [0.3, 0.4) is 0 Å². The van der Waals surface area contributed by atoms with Gasteiger partial charge in [0.1, 0.15) is 0 Å². The zero-order valence-corrected chi connectivity index (χ0v) is 11.6. The Morgan fingerprint density at radius 3 is 3.00 bits per heavy atom. The predicted molar refractivity (Wildman–Crippen MR) is 77.7 cm³/mol. The zero-order chi connectivity index (χ0) is 13.5. The number of ether oxygens (including phenoxy) is 1. The molecule has 102 valence electrons. The van der Waals surface area contributed by atoms with Crippen LogP contribution in [-0.4, -0.2) is 37.7 Å². The topological polar surface area (TPSA) is 38.5 Å². The highest BCUT2D eigenvalue weighted by atomic mass is 16.5. The molecule has 1 heterocycles. The average molecular weight is 258 g/mol.